The molecule has 0 saturated carbocycles. The lowest BCUT2D eigenvalue weighted by Gasteiger charge is -2.43. The monoisotopic (exact) mass is 221 g/mol. The SMILES string of the molecule is CN1CCC(C#N)(N2CCCCCC2)CC1. The highest BCUT2D eigenvalue weighted by Gasteiger charge is 2.39. The number of hydrogen-bond donors (Lipinski definition) is 0. The maximum Gasteiger partial charge on any atom is 0.111 e. The minimum Gasteiger partial charge on any atom is -0.306 e. The average molecular weight is 221 g/mol. The van der Waals surface area contributed by atoms with Crippen molar-refractivity contribution in [1.82, 2.24) is 9.80 Å². The Labute approximate surface area is 99.0 Å². The Morgan fingerprint density at radius 1 is 0.938 bits per heavy atom. The van der Waals surface area contributed by atoms with Gasteiger partial charge in [-0.2, -0.15) is 5.26 Å². The van der Waals surface area contributed by atoms with Gasteiger partial charge in [0.25, 0.3) is 0 Å². The summed E-state index contributed by atoms with van der Waals surface area (Å²) < 4.78 is 0. The Bertz CT molecular complexity index is 253. The van der Waals surface area contributed by atoms with E-state index in [2.05, 4.69) is 22.9 Å². The zero-order valence-corrected chi connectivity index (χ0v) is 10.4. The molecule has 3 nitrogen and oxygen atoms in total. The fourth-order valence-electron chi connectivity index (χ4n) is 2.99. The van der Waals surface area contributed by atoms with E-state index in [1.165, 1.54) is 25.7 Å². The molecule has 2 aliphatic rings. The van der Waals surface area contributed by atoms with Crippen molar-refractivity contribution < 1.29 is 0 Å². The van der Waals surface area contributed by atoms with E-state index in [0.717, 1.165) is 39.0 Å². The van der Waals surface area contributed by atoms with Gasteiger partial charge in [-0.15, -0.1) is 0 Å². The van der Waals surface area contributed by atoms with Gasteiger partial charge in [0, 0.05) is 13.1 Å². The van der Waals surface area contributed by atoms with E-state index in [-0.39, 0.29) is 5.54 Å². The second-order valence-corrected chi connectivity index (χ2v) is 5.35. The lowest BCUT2D eigenvalue weighted by molar-refractivity contribution is 0.0726. The summed E-state index contributed by atoms with van der Waals surface area (Å²) in [6.07, 6.45) is 7.30. The normalized spacial score (nSPS) is 28.2. The van der Waals surface area contributed by atoms with E-state index in [1.807, 2.05) is 0 Å². The van der Waals surface area contributed by atoms with Crippen molar-refractivity contribution in [2.45, 2.75) is 44.1 Å². The number of nitriles is 1. The second kappa shape index (κ2) is 5.16. The van der Waals surface area contributed by atoms with Gasteiger partial charge in [0.1, 0.15) is 5.54 Å². The highest BCUT2D eigenvalue weighted by Crippen LogP contribution is 2.30. The first kappa shape index (κ1) is 11.9. The summed E-state index contributed by atoms with van der Waals surface area (Å²) in [5.74, 6) is 0. The molecule has 0 aromatic heterocycles. The number of rotatable bonds is 1. The molecule has 0 aromatic rings. The lowest BCUT2D eigenvalue weighted by atomic mass is 9.87. The first-order valence-electron chi connectivity index (χ1n) is 6.62. The molecule has 0 atom stereocenters. The van der Waals surface area contributed by atoms with Crippen molar-refractivity contribution in [3.8, 4) is 6.07 Å². The molecule has 16 heavy (non-hydrogen) atoms. The van der Waals surface area contributed by atoms with Crippen molar-refractivity contribution >= 4 is 0 Å². The van der Waals surface area contributed by atoms with Gasteiger partial charge in [0.2, 0.25) is 0 Å². The van der Waals surface area contributed by atoms with Crippen LogP contribution in [0.4, 0.5) is 0 Å². The molecular formula is C13H23N3. The molecule has 0 unspecified atom stereocenters. The van der Waals surface area contributed by atoms with Crippen molar-refractivity contribution in [2.75, 3.05) is 33.2 Å². The molecule has 0 aliphatic carbocycles. The first-order chi connectivity index (χ1) is 7.77. The summed E-state index contributed by atoms with van der Waals surface area (Å²) in [6, 6.07) is 2.63. The van der Waals surface area contributed by atoms with Gasteiger partial charge < -0.3 is 4.90 Å². The molecule has 2 fully saturated rings. The highest BCUT2D eigenvalue weighted by molar-refractivity contribution is 5.10. The van der Waals surface area contributed by atoms with E-state index < -0.39 is 0 Å². The number of likely N-dealkylation sites (tertiary alicyclic amines) is 2. The van der Waals surface area contributed by atoms with E-state index in [0.29, 0.717) is 0 Å². The van der Waals surface area contributed by atoms with Crippen LogP contribution < -0.4 is 0 Å². The fourth-order valence-corrected chi connectivity index (χ4v) is 2.99. The number of hydrogen-bond acceptors (Lipinski definition) is 3. The zero-order chi connectivity index (χ0) is 11.4. The molecule has 0 bridgehead atoms. The van der Waals surface area contributed by atoms with Gasteiger partial charge in [-0.25, -0.2) is 0 Å². The van der Waals surface area contributed by atoms with Crippen molar-refractivity contribution in [2.24, 2.45) is 0 Å². The summed E-state index contributed by atoms with van der Waals surface area (Å²) in [4.78, 5) is 4.82. The molecular weight excluding hydrogens is 198 g/mol. The maximum atomic E-state index is 9.56. The van der Waals surface area contributed by atoms with Crippen LogP contribution in [0.25, 0.3) is 0 Å². The standard InChI is InChI=1S/C13H23N3/c1-15-10-6-13(12-14,7-11-15)16-8-4-2-3-5-9-16/h2-11H2,1H3. The Kier molecular flexibility index (Phi) is 3.83. The summed E-state index contributed by atoms with van der Waals surface area (Å²) >= 11 is 0. The van der Waals surface area contributed by atoms with Crippen LogP contribution in [-0.2, 0) is 0 Å². The van der Waals surface area contributed by atoms with Crippen LogP contribution >= 0.6 is 0 Å². The third kappa shape index (κ3) is 2.39. The number of piperidine rings is 1. The quantitative estimate of drug-likeness (QED) is 0.677. The van der Waals surface area contributed by atoms with Crippen LogP contribution in [0.15, 0.2) is 0 Å². The summed E-state index contributed by atoms with van der Waals surface area (Å²) in [7, 11) is 2.16. The van der Waals surface area contributed by atoms with Crippen LogP contribution in [0.1, 0.15) is 38.5 Å². The summed E-state index contributed by atoms with van der Waals surface area (Å²) in [6.45, 7) is 4.42. The molecule has 3 heteroatoms. The molecule has 0 amide bonds. The molecule has 2 saturated heterocycles. The predicted molar refractivity (Wildman–Crippen MR) is 65.1 cm³/mol. The summed E-state index contributed by atoms with van der Waals surface area (Å²) in [5, 5.41) is 9.56. The van der Waals surface area contributed by atoms with Crippen LogP contribution in [-0.4, -0.2) is 48.6 Å². The molecule has 2 rings (SSSR count). The number of nitrogens with zero attached hydrogens (tertiary/aromatic N) is 3. The summed E-state index contributed by atoms with van der Waals surface area (Å²) in [5.41, 5.74) is -0.142. The molecule has 2 heterocycles. The minimum atomic E-state index is -0.142. The van der Waals surface area contributed by atoms with E-state index >= 15 is 0 Å². The van der Waals surface area contributed by atoms with Crippen LogP contribution in [0, 0.1) is 11.3 Å². The maximum absolute atomic E-state index is 9.56. The largest absolute Gasteiger partial charge is 0.306 e. The Balaban J connectivity index is 2.05. The Morgan fingerprint density at radius 3 is 2.00 bits per heavy atom. The van der Waals surface area contributed by atoms with E-state index in [4.69, 9.17) is 0 Å². The van der Waals surface area contributed by atoms with Gasteiger partial charge in [0.05, 0.1) is 6.07 Å². The van der Waals surface area contributed by atoms with E-state index in [9.17, 15) is 5.26 Å². The van der Waals surface area contributed by atoms with Gasteiger partial charge >= 0.3 is 0 Å². The van der Waals surface area contributed by atoms with E-state index in [1.54, 1.807) is 0 Å². The van der Waals surface area contributed by atoms with Crippen molar-refractivity contribution in [3.05, 3.63) is 0 Å². The smallest absolute Gasteiger partial charge is 0.111 e. The Hall–Kier alpha value is -0.590. The zero-order valence-electron chi connectivity index (χ0n) is 10.4. The first-order valence-corrected chi connectivity index (χ1v) is 6.62. The molecule has 0 N–H and O–H groups in total. The van der Waals surface area contributed by atoms with Gasteiger partial charge in [-0.3, -0.25) is 4.90 Å². The van der Waals surface area contributed by atoms with Crippen LogP contribution in [0.3, 0.4) is 0 Å². The molecule has 90 valence electrons. The molecule has 2 aliphatic heterocycles. The molecule has 0 aromatic carbocycles. The van der Waals surface area contributed by atoms with Crippen molar-refractivity contribution in [3.63, 3.8) is 0 Å². The third-order valence-electron chi connectivity index (χ3n) is 4.23. The van der Waals surface area contributed by atoms with Gasteiger partial charge in [0.15, 0.2) is 0 Å². The molecule has 0 radical (unpaired) electrons. The van der Waals surface area contributed by atoms with Gasteiger partial charge in [-0.1, -0.05) is 12.8 Å². The topological polar surface area (TPSA) is 30.3 Å². The highest BCUT2D eigenvalue weighted by atomic mass is 15.2. The average Bonchev–Trinajstić information content (AvgIpc) is 2.60. The van der Waals surface area contributed by atoms with Gasteiger partial charge in [-0.05, 0) is 45.8 Å². The van der Waals surface area contributed by atoms with Crippen LogP contribution in [0.2, 0.25) is 0 Å². The Morgan fingerprint density at radius 2 is 1.50 bits per heavy atom. The second-order valence-electron chi connectivity index (χ2n) is 5.35. The predicted octanol–water partition coefficient (Wildman–Crippen LogP) is 1.85. The van der Waals surface area contributed by atoms with Crippen molar-refractivity contribution in [1.29, 1.82) is 5.26 Å². The lowest BCUT2D eigenvalue weighted by Crippen LogP contribution is -2.54. The molecule has 0 spiro atoms. The van der Waals surface area contributed by atoms with Crippen LogP contribution in [0.5, 0.6) is 0 Å². The third-order valence-corrected chi connectivity index (χ3v) is 4.23. The fraction of sp³-hybridized carbons (Fsp3) is 0.923. The minimum absolute atomic E-state index is 0.142.